The van der Waals surface area contributed by atoms with Crippen molar-refractivity contribution in [1.29, 1.82) is 0 Å². The lowest BCUT2D eigenvalue weighted by Crippen LogP contribution is -2.43. The molecule has 5 fully saturated rings. The molecular formula is C17H26O3. The van der Waals surface area contributed by atoms with Crippen molar-refractivity contribution in [2.24, 2.45) is 23.2 Å². The Bertz CT molecular complexity index is 461. The summed E-state index contributed by atoms with van der Waals surface area (Å²) in [5.41, 5.74) is -1.02. The number of ether oxygens (including phenoxy) is 1. The molecule has 0 radical (unpaired) electrons. The van der Waals surface area contributed by atoms with Gasteiger partial charge in [0.1, 0.15) is 5.60 Å². The van der Waals surface area contributed by atoms with E-state index >= 15 is 0 Å². The van der Waals surface area contributed by atoms with Crippen LogP contribution in [0.2, 0.25) is 0 Å². The number of hydrogen-bond donors (Lipinski definition) is 1. The largest absolute Gasteiger partial charge is 0.459 e. The standard InChI is InChI=1S/C17H26O3/c1-3-4-16(6-11(16)2)14(18)20-15-7-12-5-13(9-15)17(19,8-12)10-15/h11-13,19H,3-10H2,1-2H3. The van der Waals surface area contributed by atoms with Gasteiger partial charge in [-0.15, -0.1) is 0 Å². The Balaban J connectivity index is 1.52. The van der Waals surface area contributed by atoms with Gasteiger partial charge in [0.15, 0.2) is 0 Å². The van der Waals surface area contributed by atoms with Crippen LogP contribution >= 0.6 is 0 Å². The van der Waals surface area contributed by atoms with Crippen LogP contribution in [0.3, 0.4) is 0 Å². The molecule has 6 unspecified atom stereocenters. The summed E-state index contributed by atoms with van der Waals surface area (Å²) >= 11 is 0. The first-order valence-corrected chi connectivity index (χ1v) is 8.37. The quantitative estimate of drug-likeness (QED) is 0.804. The van der Waals surface area contributed by atoms with Crippen LogP contribution in [0, 0.1) is 23.2 Å². The molecule has 4 bridgehead atoms. The summed E-state index contributed by atoms with van der Waals surface area (Å²) in [7, 11) is 0. The van der Waals surface area contributed by atoms with Gasteiger partial charge < -0.3 is 9.84 Å². The second-order valence-corrected chi connectivity index (χ2v) is 8.28. The smallest absolute Gasteiger partial charge is 0.312 e. The minimum absolute atomic E-state index is 0.0393. The summed E-state index contributed by atoms with van der Waals surface area (Å²) in [6.45, 7) is 4.31. The Labute approximate surface area is 121 Å². The molecule has 5 rings (SSSR count). The molecule has 0 heterocycles. The van der Waals surface area contributed by atoms with E-state index in [4.69, 9.17) is 4.74 Å². The van der Waals surface area contributed by atoms with Gasteiger partial charge in [-0.3, -0.25) is 4.79 Å². The molecule has 3 nitrogen and oxygen atoms in total. The van der Waals surface area contributed by atoms with Crippen molar-refractivity contribution >= 4 is 5.97 Å². The molecule has 0 aromatic rings. The zero-order valence-corrected chi connectivity index (χ0v) is 12.7. The summed E-state index contributed by atoms with van der Waals surface area (Å²) in [6, 6.07) is 0. The minimum Gasteiger partial charge on any atom is -0.459 e. The van der Waals surface area contributed by atoms with Crippen molar-refractivity contribution in [1.82, 2.24) is 0 Å². The topological polar surface area (TPSA) is 46.5 Å². The molecule has 5 aliphatic rings. The van der Waals surface area contributed by atoms with Crippen LogP contribution in [0.4, 0.5) is 0 Å². The molecule has 0 saturated heterocycles. The van der Waals surface area contributed by atoms with E-state index in [2.05, 4.69) is 13.8 Å². The van der Waals surface area contributed by atoms with E-state index in [0.717, 1.165) is 44.9 Å². The monoisotopic (exact) mass is 278 g/mol. The molecule has 6 atom stereocenters. The molecule has 112 valence electrons. The summed E-state index contributed by atoms with van der Waals surface area (Å²) in [5.74, 6) is 1.48. The Hall–Kier alpha value is -0.570. The zero-order chi connectivity index (χ0) is 14.2. The van der Waals surface area contributed by atoms with Gasteiger partial charge in [-0.2, -0.15) is 0 Å². The second kappa shape index (κ2) is 3.79. The first-order valence-electron chi connectivity index (χ1n) is 8.37. The third kappa shape index (κ3) is 1.59. The lowest BCUT2D eigenvalue weighted by atomic mass is 9.77. The van der Waals surface area contributed by atoms with Crippen LogP contribution in [0.15, 0.2) is 0 Å². The van der Waals surface area contributed by atoms with Crippen molar-refractivity contribution in [2.45, 2.75) is 76.4 Å². The highest BCUT2D eigenvalue weighted by Gasteiger charge is 2.67. The fraction of sp³-hybridized carbons (Fsp3) is 0.941. The second-order valence-electron chi connectivity index (χ2n) is 8.28. The molecule has 0 amide bonds. The Morgan fingerprint density at radius 1 is 1.30 bits per heavy atom. The lowest BCUT2D eigenvalue weighted by molar-refractivity contribution is -0.175. The van der Waals surface area contributed by atoms with Crippen molar-refractivity contribution in [3.8, 4) is 0 Å². The van der Waals surface area contributed by atoms with Gasteiger partial charge in [0, 0.05) is 6.42 Å². The molecular weight excluding hydrogens is 252 g/mol. The average Bonchev–Trinajstić information content (AvgIpc) is 2.87. The van der Waals surface area contributed by atoms with Crippen LogP contribution in [0.5, 0.6) is 0 Å². The van der Waals surface area contributed by atoms with E-state index < -0.39 is 5.60 Å². The van der Waals surface area contributed by atoms with E-state index in [1.165, 1.54) is 0 Å². The lowest BCUT2D eigenvalue weighted by Gasteiger charge is -2.39. The van der Waals surface area contributed by atoms with Crippen LogP contribution < -0.4 is 0 Å². The molecule has 1 N–H and O–H groups in total. The Morgan fingerprint density at radius 3 is 2.60 bits per heavy atom. The molecule has 20 heavy (non-hydrogen) atoms. The molecule has 0 aromatic heterocycles. The Morgan fingerprint density at radius 2 is 2.05 bits per heavy atom. The van der Waals surface area contributed by atoms with E-state index in [1.807, 2.05) is 0 Å². The zero-order valence-electron chi connectivity index (χ0n) is 12.7. The van der Waals surface area contributed by atoms with Gasteiger partial charge in [-0.1, -0.05) is 20.3 Å². The van der Waals surface area contributed by atoms with Crippen molar-refractivity contribution in [2.75, 3.05) is 0 Å². The first-order chi connectivity index (χ1) is 9.41. The van der Waals surface area contributed by atoms with Gasteiger partial charge in [-0.25, -0.2) is 0 Å². The highest BCUT2D eigenvalue weighted by atomic mass is 16.6. The molecule has 5 saturated carbocycles. The first kappa shape index (κ1) is 13.1. The number of esters is 1. The summed E-state index contributed by atoms with van der Waals surface area (Å²) in [6.07, 6.45) is 7.68. The predicted molar refractivity (Wildman–Crippen MR) is 75.0 cm³/mol. The van der Waals surface area contributed by atoms with Crippen molar-refractivity contribution in [3.63, 3.8) is 0 Å². The van der Waals surface area contributed by atoms with Gasteiger partial charge in [0.2, 0.25) is 0 Å². The molecule has 5 aliphatic carbocycles. The van der Waals surface area contributed by atoms with Crippen molar-refractivity contribution < 1.29 is 14.6 Å². The molecule has 0 aromatic carbocycles. The van der Waals surface area contributed by atoms with Gasteiger partial charge >= 0.3 is 5.97 Å². The number of carbonyl (C=O) groups is 1. The molecule has 0 spiro atoms. The molecule has 0 aliphatic heterocycles. The minimum atomic E-state index is -0.518. The highest BCUT2D eigenvalue weighted by Crippen LogP contribution is 2.65. The highest BCUT2D eigenvalue weighted by molar-refractivity contribution is 5.81. The van der Waals surface area contributed by atoms with Gasteiger partial charge in [-0.05, 0) is 56.3 Å². The number of rotatable bonds is 4. The van der Waals surface area contributed by atoms with Crippen LogP contribution in [0.25, 0.3) is 0 Å². The van der Waals surface area contributed by atoms with Crippen LogP contribution in [0.1, 0.15) is 65.2 Å². The summed E-state index contributed by atoms with van der Waals surface area (Å²) in [4.78, 5) is 12.7. The molecule has 3 heteroatoms. The van der Waals surface area contributed by atoms with E-state index in [1.54, 1.807) is 0 Å². The maximum absolute atomic E-state index is 12.7. The van der Waals surface area contributed by atoms with Crippen LogP contribution in [-0.4, -0.2) is 22.3 Å². The van der Waals surface area contributed by atoms with E-state index in [-0.39, 0.29) is 17.0 Å². The fourth-order valence-electron chi connectivity index (χ4n) is 5.86. The number of aliphatic hydroxyl groups is 1. The maximum atomic E-state index is 12.7. The maximum Gasteiger partial charge on any atom is 0.312 e. The summed E-state index contributed by atoms with van der Waals surface area (Å²) < 4.78 is 6.09. The van der Waals surface area contributed by atoms with E-state index in [9.17, 15) is 9.90 Å². The van der Waals surface area contributed by atoms with E-state index in [0.29, 0.717) is 24.2 Å². The van der Waals surface area contributed by atoms with Gasteiger partial charge in [0.25, 0.3) is 0 Å². The van der Waals surface area contributed by atoms with Crippen molar-refractivity contribution in [3.05, 3.63) is 0 Å². The number of hydrogen-bond acceptors (Lipinski definition) is 3. The SMILES string of the molecule is CCCC1(C(=O)OC23CC4CC(C2)C(O)(C4)C3)CC1C. The normalized spacial score (nSPS) is 55.2. The number of carbonyl (C=O) groups excluding carboxylic acids is 1. The average molecular weight is 278 g/mol. The third-order valence-electron chi connectivity index (χ3n) is 6.79. The van der Waals surface area contributed by atoms with Gasteiger partial charge in [0.05, 0.1) is 11.0 Å². The Kier molecular flexibility index (Phi) is 2.49. The summed E-state index contributed by atoms with van der Waals surface area (Å²) in [5, 5.41) is 10.7. The third-order valence-corrected chi connectivity index (χ3v) is 6.79. The predicted octanol–water partition coefficient (Wildman–Crippen LogP) is 3.05. The van der Waals surface area contributed by atoms with Crippen LogP contribution in [-0.2, 0) is 9.53 Å². The fourth-order valence-corrected chi connectivity index (χ4v) is 5.86.